The summed E-state index contributed by atoms with van der Waals surface area (Å²) in [5.74, 6) is 0.333. The SMILES string of the molecule is CC(=O)Cc1c(F)ccc2c1OCO2. The molecule has 74 valence electrons. The predicted octanol–water partition coefficient (Wildman–Crippen LogP) is 1.69. The van der Waals surface area contributed by atoms with Crippen LogP contribution < -0.4 is 9.47 Å². The highest BCUT2D eigenvalue weighted by Crippen LogP contribution is 2.37. The standard InChI is InChI=1S/C10H9FO3/c1-6(12)4-7-8(11)2-3-9-10(7)14-5-13-9/h2-3H,4-5H2,1H3. The Morgan fingerprint density at radius 1 is 1.50 bits per heavy atom. The van der Waals surface area contributed by atoms with Gasteiger partial charge < -0.3 is 9.47 Å². The molecule has 0 aromatic heterocycles. The summed E-state index contributed by atoms with van der Waals surface area (Å²) < 4.78 is 23.5. The molecule has 1 heterocycles. The van der Waals surface area contributed by atoms with Crippen molar-refractivity contribution in [2.75, 3.05) is 6.79 Å². The molecule has 2 rings (SSSR count). The molecular weight excluding hydrogens is 187 g/mol. The fraction of sp³-hybridized carbons (Fsp3) is 0.300. The van der Waals surface area contributed by atoms with Crippen LogP contribution in [0.4, 0.5) is 4.39 Å². The van der Waals surface area contributed by atoms with Crippen LogP contribution in [0.1, 0.15) is 12.5 Å². The van der Waals surface area contributed by atoms with Gasteiger partial charge in [0.05, 0.1) is 0 Å². The average molecular weight is 196 g/mol. The quantitative estimate of drug-likeness (QED) is 0.722. The Balaban J connectivity index is 2.46. The third-order valence-corrected chi connectivity index (χ3v) is 2.01. The topological polar surface area (TPSA) is 35.5 Å². The maximum atomic E-state index is 13.3. The fourth-order valence-corrected chi connectivity index (χ4v) is 1.42. The molecule has 0 spiro atoms. The Labute approximate surface area is 80.4 Å². The van der Waals surface area contributed by atoms with E-state index >= 15 is 0 Å². The normalized spacial score (nSPS) is 13.0. The van der Waals surface area contributed by atoms with E-state index in [9.17, 15) is 9.18 Å². The zero-order valence-corrected chi connectivity index (χ0v) is 7.67. The molecular formula is C10H9FO3. The number of carbonyl (C=O) groups is 1. The second-order valence-electron chi connectivity index (χ2n) is 3.14. The van der Waals surface area contributed by atoms with Crippen LogP contribution in [0.25, 0.3) is 0 Å². The highest BCUT2D eigenvalue weighted by Gasteiger charge is 2.21. The first-order chi connectivity index (χ1) is 6.68. The number of ketones is 1. The van der Waals surface area contributed by atoms with E-state index in [0.717, 1.165) is 0 Å². The van der Waals surface area contributed by atoms with Crippen molar-refractivity contribution in [2.24, 2.45) is 0 Å². The summed E-state index contributed by atoms with van der Waals surface area (Å²) in [5.41, 5.74) is 0.285. The summed E-state index contributed by atoms with van der Waals surface area (Å²) in [4.78, 5) is 10.9. The van der Waals surface area contributed by atoms with Gasteiger partial charge in [-0.1, -0.05) is 0 Å². The number of ether oxygens (including phenoxy) is 2. The van der Waals surface area contributed by atoms with Crippen LogP contribution in [0.2, 0.25) is 0 Å². The maximum Gasteiger partial charge on any atom is 0.231 e. The van der Waals surface area contributed by atoms with Crippen molar-refractivity contribution in [3.63, 3.8) is 0 Å². The van der Waals surface area contributed by atoms with Gasteiger partial charge in [-0.15, -0.1) is 0 Å². The Morgan fingerprint density at radius 2 is 2.29 bits per heavy atom. The minimum Gasteiger partial charge on any atom is -0.454 e. The molecule has 1 aliphatic heterocycles. The molecule has 0 saturated heterocycles. The van der Waals surface area contributed by atoms with E-state index < -0.39 is 5.82 Å². The molecule has 1 aromatic carbocycles. The van der Waals surface area contributed by atoms with Crippen molar-refractivity contribution in [2.45, 2.75) is 13.3 Å². The number of benzene rings is 1. The zero-order valence-electron chi connectivity index (χ0n) is 7.67. The Bertz CT molecular complexity index is 387. The van der Waals surface area contributed by atoms with Gasteiger partial charge in [0, 0.05) is 12.0 Å². The minimum atomic E-state index is -0.426. The van der Waals surface area contributed by atoms with E-state index in [4.69, 9.17) is 9.47 Å². The molecule has 0 fully saturated rings. The molecule has 14 heavy (non-hydrogen) atoms. The number of fused-ring (bicyclic) bond motifs is 1. The number of Topliss-reactive ketones (excluding diaryl/α,β-unsaturated/α-hetero) is 1. The Kier molecular flexibility index (Phi) is 2.11. The van der Waals surface area contributed by atoms with E-state index in [1.54, 1.807) is 0 Å². The molecule has 0 saturated carbocycles. The van der Waals surface area contributed by atoms with Crippen LogP contribution in [-0.2, 0) is 11.2 Å². The van der Waals surface area contributed by atoms with E-state index in [1.165, 1.54) is 19.1 Å². The number of hydrogen-bond donors (Lipinski definition) is 0. The van der Waals surface area contributed by atoms with Gasteiger partial charge in [0.2, 0.25) is 6.79 Å². The van der Waals surface area contributed by atoms with Crippen LogP contribution >= 0.6 is 0 Å². The first kappa shape index (κ1) is 8.99. The van der Waals surface area contributed by atoms with Crippen molar-refractivity contribution < 1.29 is 18.7 Å². The largest absolute Gasteiger partial charge is 0.454 e. The van der Waals surface area contributed by atoms with Gasteiger partial charge in [0.25, 0.3) is 0 Å². The van der Waals surface area contributed by atoms with E-state index in [0.29, 0.717) is 11.5 Å². The van der Waals surface area contributed by atoms with Gasteiger partial charge in [-0.05, 0) is 19.1 Å². The second kappa shape index (κ2) is 3.29. The van der Waals surface area contributed by atoms with Crippen molar-refractivity contribution >= 4 is 5.78 Å². The van der Waals surface area contributed by atoms with Gasteiger partial charge >= 0.3 is 0 Å². The Hall–Kier alpha value is -1.58. The molecule has 0 atom stereocenters. The second-order valence-corrected chi connectivity index (χ2v) is 3.14. The van der Waals surface area contributed by atoms with Crippen LogP contribution in [0, 0.1) is 5.82 Å². The molecule has 0 amide bonds. The van der Waals surface area contributed by atoms with E-state index in [2.05, 4.69) is 0 Å². The zero-order chi connectivity index (χ0) is 10.1. The van der Waals surface area contributed by atoms with Crippen LogP contribution in [-0.4, -0.2) is 12.6 Å². The van der Waals surface area contributed by atoms with Crippen molar-refractivity contribution in [3.05, 3.63) is 23.5 Å². The summed E-state index contributed by atoms with van der Waals surface area (Å²) in [6.07, 6.45) is 0.0400. The monoisotopic (exact) mass is 196 g/mol. The number of hydrogen-bond acceptors (Lipinski definition) is 3. The smallest absolute Gasteiger partial charge is 0.231 e. The summed E-state index contributed by atoms with van der Waals surface area (Å²) in [5, 5.41) is 0. The number of carbonyl (C=O) groups excluding carboxylic acids is 1. The van der Waals surface area contributed by atoms with Crippen LogP contribution in [0.3, 0.4) is 0 Å². The molecule has 0 radical (unpaired) electrons. The molecule has 4 heteroatoms. The van der Waals surface area contributed by atoms with E-state index in [-0.39, 0.29) is 24.6 Å². The lowest BCUT2D eigenvalue weighted by atomic mass is 10.1. The predicted molar refractivity (Wildman–Crippen MR) is 46.9 cm³/mol. The van der Waals surface area contributed by atoms with Crippen molar-refractivity contribution in [1.82, 2.24) is 0 Å². The van der Waals surface area contributed by atoms with Gasteiger partial charge in [0.15, 0.2) is 11.5 Å². The van der Waals surface area contributed by atoms with Crippen LogP contribution in [0.5, 0.6) is 11.5 Å². The van der Waals surface area contributed by atoms with Gasteiger partial charge in [0.1, 0.15) is 11.6 Å². The van der Waals surface area contributed by atoms with Gasteiger partial charge in [-0.25, -0.2) is 4.39 Å². The molecule has 0 N–H and O–H groups in total. The molecule has 0 aliphatic carbocycles. The van der Waals surface area contributed by atoms with Crippen LogP contribution in [0.15, 0.2) is 12.1 Å². The fourth-order valence-electron chi connectivity index (χ4n) is 1.42. The maximum absolute atomic E-state index is 13.3. The van der Waals surface area contributed by atoms with Crippen molar-refractivity contribution in [3.8, 4) is 11.5 Å². The molecule has 0 bridgehead atoms. The lowest BCUT2D eigenvalue weighted by Gasteiger charge is -2.04. The van der Waals surface area contributed by atoms with E-state index in [1.807, 2.05) is 0 Å². The molecule has 3 nitrogen and oxygen atoms in total. The number of halogens is 1. The molecule has 1 aromatic rings. The molecule has 1 aliphatic rings. The number of rotatable bonds is 2. The summed E-state index contributed by atoms with van der Waals surface area (Å²) in [6.45, 7) is 1.50. The Morgan fingerprint density at radius 3 is 3.00 bits per heavy atom. The lowest BCUT2D eigenvalue weighted by molar-refractivity contribution is -0.116. The lowest BCUT2D eigenvalue weighted by Crippen LogP contribution is -2.01. The minimum absolute atomic E-state index is 0.0400. The third kappa shape index (κ3) is 1.43. The summed E-state index contributed by atoms with van der Waals surface area (Å²) >= 11 is 0. The van der Waals surface area contributed by atoms with Crippen molar-refractivity contribution in [1.29, 1.82) is 0 Å². The summed E-state index contributed by atoms with van der Waals surface area (Å²) in [6, 6.07) is 2.78. The van der Waals surface area contributed by atoms with Gasteiger partial charge in [-0.3, -0.25) is 4.79 Å². The first-order valence-corrected chi connectivity index (χ1v) is 4.25. The third-order valence-electron chi connectivity index (χ3n) is 2.01. The average Bonchev–Trinajstić information content (AvgIpc) is 2.57. The van der Waals surface area contributed by atoms with Gasteiger partial charge in [-0.2, -0.15) is 0 Å². The highest BCUT2D eigenvalue weighted by molar-refractivity contribution is 5.79. The summed E-state index contributed by atoms with van der Waals surface area (Å²) in [7, 11) is 0. The first-order valence-electron chi connectivity index (χ1n) is 4.25. The highest BCUT2D eigenvalue weighted by atomic mass is 19.1. The molecule has 0 unspecified atom stereocenters.